The summed E-state index contributed by atoms with van der Waals surface area (Å²) >= 11 is 0. The van der Waals surface area contributed by atoms with Crippen molar-refractivity contribution >= 4 is 0 Å². The summed E-state index contributed by atoms with van der Waals surface area (Å²) in [6.45, 7) is 4.24. The molecule has 0 bridgehead atoms. The van der Waals surface area contributed by atoms with E-state index in [4.69, 9.17) is 5.26 Å². The third-order valence-electron chi connectivity index (χ3n) is 1.78. The first-order valence-corrected chi connectivity index (χ1v) is 3.71. The second-order valence-corrected chi connectivity index (χ2v) is 2.50. The molecule has 0 aromatic carbocycles. The van der Waals surface area contributed by atoms with Crippen LogP contribution < -0.4 is 0 Å². The van der Waals surface area contributed by atoms with E-state index in [0.29, 0.717) is 0 Å². The number of nitriles is 1. The Morgan fingerprint density at radius 1 is 1.80 bits per heavy atom. The first-order valence-electron chi connectivity index (χ1n) is 3.71. The van der Waals surface area contributed by atoms with Crippen LogP contribution in [0.3, 0.4) is 0 Å². The van der Waals surface area contributed by atoms with Crippen LogP contribution in [0.15, 0.2) is 11.8 Å². The zero-order valence-corrected chi connectivity index (χ0v) is 6.30. The van der Waals surface area contributed by atoms with Crippen LogP contribution in [0.5, 0.6) is 0 Å². The molecule has 0 aliphatic carbocycles. The highest BCUT2D eigenvalue weighted by atomic mass is 15.1. The largest absolute Gasteiger partial charge is 0.377 e. The number of rotatable bonds is 1. The van der Waals surface area contributed by atoms with Crippen molar-refractivity contribution in [2.45, 2.75) is 19.8 Å². The Morgan fingerprint density at radius 2 is 2.60 bits per heavy atom. The van der Waals surface area contributed by atoms with Crippen molar-refractivity contribution in [1.29, 1.82) is 5.26 Å². The minimum Gasteiger partial charge on any atom is -0.377 e. The standard InChI is InChI=1S/C8H12N2/c1-2-10-5-3-4-8(6-9)7-10/h7H,2-5H2,1H3. The lowest BCUT2D eigenvalue weighted by Gasteiger charge is -2.22. The lowest BCUT2D eigenvalue weighted by atomic mass is 10.1. The Labute approximate surface area is 61.8 Å². The van der Waals surface area contributed by atoms with Gasteiger partial charge in [-0.25, -0.2) is 0 Å². The molecule has 0 N–H and O–H groups in total. The van der Waals surface area contributed by atoms with Gasteiger partial charge in [0.25, 0.3) is 0 Å². The van der Waals surface area contributed by atoms with Crippen LogP contribution in [0, 0.1) is 11.3 Å². The molecule has 0 saturated heterocycles. The smallest absolute Gasteiger partial charge is 0.0962 e. The van der Waals surface area contributed by atoms with Crippen LogP contribution >= 0.6 is 0 Å². The van der Waals surface area contributed by atoms with Crippen LogP contribution in [-0.2, 0) is 0 Å². The topological polar surface area (TPSA) is 27.0 Å². The van der Waals surface area contributed by atoms with E-state index in [1.807, 2.05) is 6.20 Å². The van der Waals surface area contributed by atoms with Gasteiger partial charge in [0.15, 0.2) is 0 Å². The van der Waals surface area contributed by atoms with Gasteiger partial charge in [-0.1, -0.05) is 0 Å². The van der Waals surface area contributed by atoms with Crippen LogP contribution in [0.1, 0.15) is 19.8 Å². The second-order valence-electron chi connectivity index (χ2n) is 2.50. The minimum atomic E-state index is 0.924. The van der Waals surface area contributed by atoms with Gasteiger partial charge in [-0.3, -0.25) is 0 Å². The number of hydrogen-bond donors (Lipinski definition) is 0. The predicted molar refractivity (Wildman–Crippen MR) is 40.2 cm³/mol. The fraction of sp³-hybridized carbons (Fsp3) is 0.625. The Hall–Kier alpha value is -0.970. The highest BCUT2D eigenvalue weighted by Crippen LogP contribution is 2.12. The molecule has 0 unspecified atom stereocenters. The van der Waals surface area contributed by atoms with E-state index >= 15 is 0 Å². The molecule has 1 rings (SSSR count). The molecule has 0 fully saturated rings. The summed E-state index contributed by atoms with van der Waals surface area (Å²) in [4.78, 5) is 2.18. The lowest BCUT2D eigenvalue weighted by molar-refractivity contribution is 0.369. The summed E-state index contributed by atoms with van der Waals surface area (Å²) in [6.07, 6.45) is 4.07. The average molecular weight is 136 g/mol. The zero-order chi connectivity index (χ0) is 7.40. The maximum Gasteiger partial charge on any atom is 0.0962 e. The zero-order valence-electron chi connectivity index (χ0n) is 6.30. The Morgan fingerprint density at radius 3 is 3.20 bits per heavy atom. The van der Waals surface area contributed by atoms with E-state index in [9.17, 15) is 0 Å². The first kappa shape index (κ1) is 7.14. The molecule has 54 valence electrons. The van der Waals surface area contributed by atoms with Crippen LogP contribution in [0.25, 0.3) is 0 Å². The molecule has 1 aliphatic rings. The third-order valence-corrected chi connectivity index (χ3v) is 1.78. The Bertz CT molecular complexity index is 176. The van der Waals surface area contributed by atoms with E-state index in [1.54, 1.807) is 0 Å². The van der Waals surface area contributed by atoms with Crippen molar-refractivity contribution in [3.8, 4) is 6.07 Å². The summed E-state index contributed by atoms with van der Waals surface area (Å²) in [5, 5.41) is 8.56. The highest BCUT2D eigenvalue weighted by Gasteiger charge is 2.06. The monoisotopic (exact) mass is 136 g/mol. The second kappa shape index (κ2) is 3.26. The normalized spacial score (nSPS) is 18.0. The average Bonchev–Trinajstić information content (AvgIpc) is 2.05. The minimum absolute atomic E-state index is 0.924. The van der Waals surface area contributed by atoms with E-state index in [2.05, 4.69) is 17.9 Å². The summed E-state index contributed by atoms with van der Waals surface area (Å²) in [5.74, 6) is 0. The molecule has 0 saturated carbocycles. The summed E-state index contributed by atoms with van der Waals surface area (Å²) in [6, 6.07) is 2.19. The SMILES string of the molecule is CCN1C=C(C#N)CCC1. The molecule has 10 heavy (non-hydrogen) atoms. The van der Waals surface area contributed by atoms with Crippen molar-refractivity contribution < 1.29 is 0 Å². The fourth-order valence-electron chi connectivity index (χ4n) is 1.16. The van der Waals surface area contributed by atoms with Crippen molar-refractivity contribution in [3.05, 3.63) is 11.8 Å². The van der Waals surface area contributed by atoms with Crippen molar-refractivity contribution in [1.82, 2.24) is 4.90 Å². The van der Waals surface area contributed by atoms with Crippen LogP contribution in [0.4, 0.5) is 0 Å². The van der Waals surface area contributed by atoms with Gasteiger partial charge in [0, 0.05) is 24.9 Å². The summed E-state index contributed by atoms with van der Waals surface area (Å²) < 4.78 is 0. The van der Waals surface area contributed by atoms with Crippen molar-refractivity contribution in [3.63, 3.8) is 0 Å². The molecule has 2 heteroatoms. The Balaban J connectivity index is 2.59. The first-order chi connectivity index (χ1) is 4.86. The molecular weight excluding hydrogens is 124 g/mol. The van der Waals surface area contributed by atoms with Gasteiger partial charge in [-0.2, -0.15) is 5.26 Å². The molecular formula is C8H12N2. The number of nitrogens with zero attached hydrogens (tertiary/aromatic N) is 2. The van der Waals surface area contributed by atoms with Gasteiger partial charge < -0.3 is 4.90 Å². The van der Waals surface area contributed by atoms with Gasteiger partial charge in [0.1, 0.15) is 0 Å². The van der Waals surface area contributed by atoms with Gasteiger partial charge >= 0.3 is 0 Å². The summed E-state index contributed by atoms with van der Waals surface area (Å²) in [5.41, 5.74) is 0.924. The van der Waals surface area contributed by atoms with E-state index < -0.39 is 0 Å². The lowest BCUT2D eigenvalue weighted by Crippen LogP contribution is -2.21. The molecule has 2 nitrogen and oxygen atoms in total. The molecule has 0 radical (unpaired) electrons. The van der Waals surface area contributed by atoms with E-state index in [-0.39, 0.29) is 0 Å². The molecule has 1 aliphatic heterocycles. The maximum atomic E-state index is 8.56. The predicted octanol–water partition coefficient (Wildman–Crippen LogP) is 1.51. The van der Waals surface area contributed by atoms with E-state index in [0.717, 1.165) is 31.5 Å². The highest BCUT2D eigenvalue weighted by molar-refractivity contribution is 5.21. The van der Waals surface area contributed by atoms with E-state index in [1.165, 1.54) is 0 Å². The number of hydrogen-bond acceptors (Lipinski definition) is 2. The molecule has 1 heterocycles. The van der Waals surface area contributed by atoms with Crippen molar-refractivity contribution in [2.24, 2.45) is 0 Å². The fourth-order valence-corrected chi connectivity index (χ4v) is 1.16. The maximum absolute atomic E-state index is 8.56. The molecule has 0 atom stereocenters. The van der Waals surface area contributed by atoms with Gasteiger partial charge in [-0.15, -0.1) is 0 Å². The van der Waals surface area contributed by atoms with Gasteiger partial charge in [-0.05, 0) is 19.8 Å². The molecule has 0 aromatic heterocycles. The van der Waals surface area contributed by atoms with Crippen LogP contribution in [0.2, 0.25) is 0 Å². The quantitative estimate of drug-likeness (QED) is 0.546. The molecule has 0 aromatic rings. The molecule has 0 spiro atoms. The van der Waals surface area contributed by atoms with Crippen molar-refractivity contribution in [2.75, 3.05) is 13.1 Å². The van der Waals surface area contributed by atoms with Gasteiger partial charge in [0.05, 0.1) is 6.07 Å². The Kier molecular flexibility index (Phi) is 2.33. The summed E-state index contributed by atoms with van der Waals surface area (Å²) in [7, 11) is 0. The third kappa shape index (κ3) is 1.51. The number of allylic oxidation sites excluding steroid dienone is 1. The van der Waals surface area contributed by atoms with Crippen LogP contribution in [-0.4, -0.2) is 18.0 Å². The van der Waals surface area contributed by atoms with Gasteiger partial charge in [0.2, 0.25) is 0 Å². The molecule has 0 amide bonds.